The van der Waals surface area contributed by atoms with Crippen LogP contribution in [-0.2, 0) is 0 Å². The van der Waals surface area contributed by atoms with Gasteiger partial charge in [0.05, 0.1) is 0 Å². The number of thiophene rings is 1. The topological polar surface area (TPSA) is 12.0 Å². The quantitative estimate of drug-likeness (QED) is 0.759. The van der Waals surface area contributed by atoms with Crippen molar-refractivity contribution in [2.75, 3.05) is 6.54 Å². The molecule has 1 N–H and O–H groups in total. The van der Waals surface area contributed by atoms with E-state index in [1.807, 2.05) is 11.3 Å². The molecule has 19 heavy (non-hydrogen) atoms. The molecule has 0 amide bonds. The Kier molecular flexibility index (Phi) is 4.43. The first kappa shape index (κ1) is 14.3. The maximum Gasteiger partial charge on any atom is 0.0346 e. The molecule has 0 saturated carbocycles. The van der Waals surface area contributed by atoms with Gasteiger partial charge in [0.2, 0.25) is 0 Å². The highest BCUT2D eigenvalue weighted by molar-refractivity contribution is 7.17. The average Bonchev–Trinajstić information content (AvgIpc) is 2.77. The Morgan fingerprint density at radius 1 is 1.26 bits per heavy atom. The van der Waals surface area contributed by atoms with Gasteiger partial charge in [-0.1, -0.05) is 51.1 Å². The summed E-state index contributed by atoms with van der Waals surface area (Å²) >= 11 is 1.83. The van der Waals surface area contributed by atoms with Crippen LogP contribution in [0, 0.1) is 5.41 Å². The van der Waals surface area contributed by atoms with Gasteiger partial charge in [0.15, 0.2) is 0 Å². The number of benzene rings is 1. The predicted molar refractivity (Wildman–Crippen MR) is 86.8 cm³/mol. The van der Waals surface area contributed by atoms with Gasteiger partial charge in [0, 0.05) is 17.3 Å². The Bertz CT molecular complexity index is 560. The van der Waals surface area contributed by atoms with Gasteiger partial charge in [-0.2, -0.15) is 0 Å². The molecule has 0 aliphatic rings. The van der Waals surface area contributed by atoms with E-state index in [1.165, 1.54) is 15.6 Å². The summed E-state index contributed by atoms with van der Waals surface area (Å²) in [5.74, 6) is 0. The zero-order valence-corrected chi connectivity index (χ0v) is 13.1. The van der Waals surface area contributed by atoms with Crippen molar-refractivity contribution in [3.8, 4) is 0 Å². The predicted octanol–water partition coefficient (Wildman–Crippen LogP) is 5.15. The summed E-state index contributed by atoms with van der Waals surface area (Å²) in [6, 6.07) is 9.01. The highest BCUT2D eigenvalue weighted by atomic mass is 32.1. The van der Waals surface area contributed by atoms with E-state index < -0.39 is 0 Å². The maximum atomic E-state index is 3.57. The fourth-order valence-electron chi connectivity index (χ4n) is 2.10. The molecule has 2 aromatic rings. The lowest BCUT2D eigenvalue weighted by Gasteiger charge is -2.14. The molecule has 0 fully saturated rings. The Labute approximate surface area is 120 Å². The molecule has 0 radical (unpaired) electrons. The molecular formula is C17H23NS. The fourth-order valence-corrected chi connectivity index (χ4v) is 3.16. The van der Waals surface area contributed by atoms with Gasteiger partial charge in [-0.15, -0.1) is 11.3 Å². The molecule has 1 heterocycles. The second-order valence-electron chi connectivity index (χ2n) is 6.09. The van der Waals surface area contributed by atoms with Crippen molar-refractivity contribution in [3.05, 3.63) is 47.4 Å². The van der Waals surface area contributed by atoms with Gasteiger partial charge >= 0.3 is 0 Å². The molecule has 1 aromatic heterocycles. The molecule has 1 nitrogen and oxygen atoms in total. The van der Waals surface area contributed by atoms with Crippen molar-refractivity contribution in [2.45, 2.75) is 33.7 Å². The van der Waals surface area contributed by atoms with E-state index in [2.05, 4.69) is 74.8 Å². The normalized spacial score (nSPS) is 14.3. The summed E-state index contributed by atoms with van der Waals surface area (Å²) in [6.45, 7) is 9.82. The van der Waals surface area contributed by atoms with Crippen molar-refractivity contribution in [1.82, 2.24) is 5.32 Å². The Morgan fingerprint density at radius 2 is 2.00 bits per heavy atom. The first-order valence-electron chi connectivity index (χ1n) is 6.84. The van der Waals surface area contributed by atoms with Crippen molar-refractivity contribution >= 4 is 21.4 Å². The standard InChI is InChI=1S/C17H23NS/c1-13(18-11-7-10-17(2,3)4)15-12-19-16-9-6-5-8-14(15)16/h5-10,12-13,18H,11H2,1-4H3/b10-7+/t13-/m1/s1. The molecule has 1 atom stereocenters. The Balaban J connectivity index is 2.00. The SMILES string of the molecule is C[C@@H](NC/C=C/C(C)(C)C)c1csc2ccccc12. The molecule has 102 valence electrons. The van der Waals surface area contributed by atoms with Crippen LogP contribution in [0.5, 0.6) is 0 Å². The minimum absolute atomic E-state index is 0.264. The third kappa shape index (κ3) is 3.92. The first-order valence-corrected chi connectivity index (χ1v) is 7.72. The Morgan fingerprint density at radius 3 is 2.74 bits per heavy atom. The number of fused-ring (bicyclic) bond motifs is 1. The van der Waals surface area contributed by atoms with Gasteiger partial charge < -0.3 is 5.32 Å². The second-order valence-corrected chi connectivity index (χ2v) is 7.00. The van der Waals surface area contributed by atoms with Crippen LogP contribution in [0.15, 0.2) is 41.8 Å². The van der Waals surface area contributed by atoms with Crippen LogP contribution in [0.3, 0.4) is 0 Å². The zero-order valence-electron chi connectivity index (χ0n) is 12.2. The van der Waals surface area contributed by atoms with Gasteiger partial charge in [-0.3, -0.25) is 0 Å². The fraction of sp³-hybridized carbons (Fsp3) is 0.412. The molecule has 1 aromatic carbocycles. The van der Waals surface area contributed by atoms with E-state index in [-0.39, 0.29) is 5.41 Å². The maximum absolute atomic E-state index is 3.57. The van der Waals surface area contributed by atoms with Crippen molar-refractivity contribution in [1.29, 1.82) is 0 Å². The second kappa shape index (κ2) is 5.89. The number of allylic oxidation sites excluding steroid dienone is 1. The molecule has 0 bridgehead atoms. The monoisotopic (exact) mass is 273 g/mol. The van der Waals surface area contributed by atoms with Gasteiger partial charge in [-0.05, 0) is 34.7 Å². The number of rotatable bonds is 4. The summed E-state index contributed by atoms with van der Waals surface area (Å²) in [5.41, 5.74) is 1.67. The van der Waals surface area contributed by atoms with E-state index in [4.69, 9.17) is 0 Å². The van der Waals surface area contributed by atoms with Crippen LogP contribution in [-0.4, -0.2) is 6.54 Å². The van der Waals surface area contributed by atoms with Crippen LogP contribution in [0.2, 0.25) is 0 Å². The van der Waals surface area contributed by atoms with Gasteiger partial charge in [0.25, 0.3) is 0 Å². The Hall–Kier alpha value is -1.12. The summed E-state index contributed by atoms with van der Waals surface area (Å²) in [7, 11) is 0. The summed E-state index contributed by atoms with van der Waals surface area (Å²) in [4.78, 5) is 0. The van der Waals surface area contributed by atoms with Gasteiger partial charge in [-0.25, -0.2) is 0 Å². The summed E-state index contributed by atoms with van der Waals surface area (Å²) in [6.07, 6.45) is 4.49. The van der Waals surface area contributed by atoms with Crippen molar-refractivity contribution in [3.63, 3.8) is 0 Å². The van der Waals surface area contributed by atoms with Gasteiger partial charge in [0.1, 0.15) is 0 Å². The van der Waals surface area contributed by atoms with E-state index in [1.54, 1.807) is 0 Å². The van der Waals surface area contributed by atoms with Crippen LogP contribution in [0.4, 0.5) is 0 Å². The average molecular weight is 273 g/mol. The minimum atomic E-state index is 0.264. The summed E-state index contributed by atoms with van der Waals surface area (Å²) < 4.78 is 1.37. The molecular weight excluding hydrogens is 250 g/mol. The smallest absolute Gasteiger partial charge is 0.0346 e. The third-order valence-electron chi connectivity index (χ3n) is 3.14. The summed E-state index contributed by atoms with van der Waals surface area (Å²) in [5, 5.41) is 7.22. The largest absolute Gasteiger partial charge is 0.307 e. The first-order chi connectivity index (χ1) is 8.97. The lowest BCUT2D eigenvalue weighted by Crippen LogP contribution is -2.18. The number of nitrogens with one attached hydrogen (secondary N) is 1. The molecule has 0 spiro atoms. The van der Waals surface area contributed by atoms with Crippen LogP contribution in [0.25, 0.3) is 10.1 Å². The van der Waals surface area contributed by atoms with Crippen molar-refractivity contribution in [2.24, 2.45) is 5.41 Å². The highest BCUT2D eigenvalue weighted by Gasteiger charge is 2.10. The highest BCUT2D eigenvalue weighted by Crippen LogP contribution is 2.29. The van der Waals surface area contributed by atoms with E-state index in [0.29, 0.717) is 6.04 Å². The van der Waals surface area contributed by atoms with Crippen LogP contribution in [0.1, 0.15) is 39.3 Å². The van der Waals surface area contributed by atoms with E-state index in [9.17, 15) is 0 Å². The molecule has 0 aliphatic carbocycles. The molecule has 2 heteroatoms. The van der Waals surface area contributed by atoms with E-state index in [0.717, 1.165) is 6.54 Å². The molecule has 0 saturated heterocycles. The molecule has 0 aliphatic heterocycles. The van der Waals surface area contributed by atoms with Crippen LogP contribution < -0.4 is 5.32 Å². The lowest BCUT2D eigenvalue weighted by molar-refractivity contribution is 0.539. The third-order valence-corrected chi connectivity index (χ3v) is 4.12. The van der Waals surface area contributed by atoms with E-state index >= 15 is 0 Å². The zero-order chi connectivity index (χ0) is 13.9. The number of hydrogen-bond acceptors (Lipinski definition) is 2. The van der Waals surface area contributed by atoms with Crippen LogP contribution >= 0.6 is 11.3 Å². The molecule has 0 unspecified atom stereocenters. The number of hydrogen-bond donors (Lipinski definition) is 1. The van der Waals surface area contributed by atoms with Crippen molar-refractivity contribution < 1.29 is 0 Å². The lowest BCUT2D eigenvalue weighted by atomic mass is 9.96. The molecule has 2 rings (SSSR count). The minimum Gasteiger partial charge on any atom is -0.307 e.